The molecule has 128 valence electrons. The quantitative estimate of drug-likeness (QED) is 0.817. The Labute approximate surface area is 132 Å². The Bertz CT molecular complexity index is 666. The van der Waals surface area contributed by atoms with Gasteiger partial charge in [-0.05, 0) is 30.7 Å². The second kappa shape index (κ2) is 5.73. The first-order valence-electron chi connectivity index (χ1n) is 7.11. The molecule has 2 aliphatic rings. The topological polar surface area (TPSA) is 55.8 Å². The lowest BCUT2D eigenvalue weighted by Gasteiger charge is -2.42. The molecule has 0 N–H and O–H groups in total. The first-order valence-corrected chi connectivity index (χ1v) is 8.55. The Morgan fingerprint density at radius 3 is 2.17 bits per heavy atom. The third-order valence-corrected chi connectivity index (χ3v) is 6.21. The van der Waals surface area contributed by atoms with Crippen LogP contribution in [0.3, 0.4) is 0 Å². The van der Waals surface area contributed by atoms with Gasteiger partial charge in [-0.2, -0.15) is 17.5 Å². The van der Waals surface area contributed by atoms with Gasteiger partial charge in [0.1, 0.15) is 0 Å². The van der Waals surface area contributed by atoms with Crippen molar-refractivity contribution in [2.75, 3.05) is 33.0 Å². The molecule has 0 aliphatic carbocycles. The van der Waals surface area contributed by atoms with E-state index in [1.54, 1.807) is 0 Å². The first kappa shape index (κ1) is 16.7. The summed E-state index contributed by atoms with van der Waals surface area (Å²) in [4.78, 5) is -0.154. The van der Waals surface area contributed by atoms with E-state index < -0.39 is 27.3 Å². The number of morpholine rings is 1. The molecule has 1 aromatic rings. The third-order valence-electron chi connectivity index (χ3n) is 4.19. The standard InChI is InChI=1S/C14H16F3NO4S/c15-14(16,17)11-1-3-12(4-2-11)23(19,20)18-6-8-22-10-13(18)5-7-21-9-13/h1-4H,5-10H2. The van der Waals surface area contributed by atoms with E-state index in [4.69, 9.17) is 9.47 Å². The number of ether oxygens (including phenoxy) is 2. The minimum Gasteiger partial charge on any atom is -0.379 e. The summed E-state index contributed by atoms with van der Waals surface area (Å²) in [5.41, 5.74) is -1.64. The van der Waals surface area contributed by atoms with E-state index in [0.29, 0.717) is 13.0 Å². The van der Waals surface area contributed by atoms with Gasteiger partial charge in [0.25, 0.3) is 0 Å². The average molecular weight is 351 g/mol. The zero-order valence-corrected chi connectivity index (χ0v) is 13.0. The minimum atomic E-state index is -4.50. The summed E-state index contributed by atoms with van der Waals surface area (Å²) < 4.78 is 75.6. The lowest BCUT2D eigenvalue weighted by molar-refractivity contribution is -0.137. The van der Waals surface area contributed by atoms with E-state index in [9.17, 15) is 21.6 Å². The SMILES string of the molecule is O=S(=O)(c1ccc(C(F)(F)F)cc1)N1CCOCC12CCOC2. The van der Waals surface area contributed by atoms with Crippen LogP contribution in [0.5, 0.6) is 0 Å². The number of alkyl halides is 3. The number of sulfonamides is 1. The molecule has 0 aromatic heterocycles. The largest absolute Gasteiger partial charge is 0.416 e. The maximum atomic E-state index is 12.8. The van der Waals surface area contributed by atoms with E-state index in [0.717, 1.165) is 24.3 Å². The van der Waals surface area contributed by atoms with Crippen LogP contribution in [-0.2, 0) is 25.7 Å². The smallest absolute Gasteiger partial charge is 0.379 e. The second-order valence-electron chi connectivity index (χ2n) is 5.68. The zero-order chi connectivity index (χ0) is 16.7. The van der Waals surface area contributed by atoms with Gasteiger partial charge in [-0.3, -0.25) is 0 Å². The Morgan fingerprint density at radius 2 is 1.65 bits per heavy atom. The summed E-state index contributed by atoms with van der Waals surface area (Å²) in [6.07, 6.45) is -3.99. The lowest BCUT2D eigenvalue weighted by Crippen LogP contribution is -2.59. The molecule has 3 rings (SSSR count). The predicted molar refractivity (Wildman–Crippen MR) is 74.3 cm³/mol. The number of benzene rings is 1. The molecule has 0 saturated carbocycles. The van der Waals surface area contributed by atoms with Gasteiger partial charge >= 0.3 is 6.18 Å². The number of hydrogen-bond donors (Lipinski definition) is 0. The van der Waals surface area contributed by atoms with Crippen molar-refractivity contribution in [1.82, 2.24) is 4.31 Å². The fourth-order valence-corrected chi connectivity index (χ4v) is 4.70. The molecular weight excluding hydrogens is 335 g/mol. The fourth-order valence-electron chi connectivity index (χ4n) is 2.94. The molecule has 1 atom stereocenters. The Hall–Kier alpha value is -1.16. The Morgan fingerprint density at radius 1 is 1.04 bits per heavy atom. The van der Waals surface area contributed by atoms with Gasteiger partial charge in [-0.25, -0.2) is 8.42 Å². The number of halogens is 3. The molecule has 1 spiro atoms. The van der Waals surface area contributed by atoms with Gasteiger partial charge < -0.3 is 9.47 Å². The Balaban J connectivity index is 1.94. The molecule has 23 heavy (non-hydrogen) atoms. The summed E-state index contributed by atoms with van der Waals surface area (Å²) in [5.74, 6) is 0. The highest BCUT2D eigenvalue weighted by molar-refractivity contribution is 7.89. The highest BCUT2D eigenvalue weighted by atomic mass is 32.2. The highest BCUT2D eigenvalue weighted by Gasteiger charge is 2.49. The van der Waals surface area contributed by atoms with Crippen molar-refractivity contribution in [2.24, 2.45) is 0 Å². The van der Waals surface area contributed by atoms with Crippen molar-refractivity contribution >= 4 is 10.0 Å². The monoisotopic (exact) mass is 351 g/mol. The highest BCUT2D eigenvalue weighted by Crippen LogP contribution is 2.35. The first-order chi connectivity index (χ1) is 10.8. The van der Waals surface area contributed by atoms with Crippen LogP contribution < -0.4 is 0 Å². The molecule has 2 saturated heterocycles. The van der Waals surface area contributed by atoms with Gasteiger partial charge in [0.2, 0.25) is 10.0 Å². The number of rotatable bonds is 2. The van der Waals surface area contributed by atoms with Crippen molar-refractivity contribution in [3.8, 4) is 0 Å². The lowest BCUT2D eigenvalue weighted by atomic mass is 9.99. The van der Waals surface area contributed by atoms with E-state index in [1.165, 1.54) is 4.31 Å². The molecule has 9 heteroatoms. The van der Waals surface area contributed by atoms with E-state index in [-0.39, 0.29) is 31.3 Å². The van der Waals surface area contributed by atoms with Crippen LogP contribution in [0.15, 0.2) is 29.2 Å². The van der Waals surface area contributed by atoms with Crippen molar-refractivity contribution in [3.63, 3.8) is 0 Å². The maximum Gasteiger partial charge on any atom is 0.416 e. The zero-order valence-electron chi connectivity index (χ0n) is 12.2. The Kier molecular flexibility index (Phi) is 4.16. The van der Waals surface area contributed by atoms with E-state index >= 15 is 0 Å². The average Bonchev–Trinajstić information content (AvgIpc) is 2.95. The van der Waals surface area contributed by atoms with Crippen LogP contribution in [0.25, 0.3) is 0 Å². The van der Waals surface area contributed by atoms with Gasteiger partial charge in [0, 0.05) is 13.2 Å². The van der Waals surface area contributed by atoms with Crippen LogP contribution in [0, 0.1) is 0 Å². The summed E-state index contributed by atoms with van der Waals surface area (Å²) in [6, 6.07) is 3.56. The maximum absolute atomic E-state index is 12.8. The molecule has 5 nitrogen and oxygen atoms in total. The molecule has 0 bridgehead atoms. The van der Waals surface area contributed by atoms with E-state index in [2.05, 4.69) is 0 Å². The molecule has 2 aliphatic heterocycles. The molecular formula is C14H16F3NO4S. The molecule has 2 fully saturated rings. The van der Waals surface area contributed by atoms with Crippen LogP contribution in [0.4, 0.5) is 13.2 Å². The summed E-state index contributed by atoms with van der Waals surface area (Å²) in [6.45, 7) is 1.30. The van der Waals surface area contributed by atoms with Crippen LogP contribution in [0.2, 0.25) is 0 Å². The number of nitrogens with zero attached hydrogens (tertiary/aromatic N) is 1. The molecule has 0 amide bonds. The minimum absolute atomic E-state index is 0.154. The molecule has 2 heterocycles. The van der Waals surface area contributed by atoms with E-state index in [1.807, 2.05) is 0 Å². The van der Waals surface area contributed by atoms with Crippen LogP contribution in [0.1, 0.15) is 12.0 Å². The van der Waals surface area contributed by atoms with Gasteiger partial charge in [-0.15, -0.1) is 0 Å². The van der Waals surface area contributed by atoms with Crippen LogP contribution >= 0.6 is 0 Å². The molecule has 1 aromatic carbocycles. The van der Waals surface area contributed by atoms with Gasteiger partial charge in [0.15, 0.2) is 0 Å². The normalized spacial score (nSPS) is 26.7. The van der Waals surface area contributed by atoms with Crippen molar-refractivity contribution in [3.05, 3.63) is 29.8 Å². The van der Waals surface area contributed by atoms with Gasteiger partial charge in [-0.1, -0.05) is 0 Å². The van der Waals surface area contributed by atoms with Gasteiger partial charge in [0.05, 0.1) is 35.8 Å². The third kappa shape index (κ3) is 2.98. The number of hydrogen-bond acceptors (Lipinski definition) is 4. The van der Waals surface area contributed by atoms with Crippen molar-refractivity contribution in [1.29, 1.82) is 0 Å². The van der Waals surface area contributed by atoms with Crippen LogP contribution in [-0.4, -0.2) is 51.2 Å². The summed E-state index contributed by atoms with van der Waals surface area (Å²) >= 11 is 0. The summed E-state index contributed by atoms with van der Waals surface area (Å²) in [7, 11) is -3.91. The van der Waals surface area contributed by atoms with Crippen molar-refractivity contribution in [2.45, 2.75) is 23.0 Å². The molecule has 0 radical (unpaired) electrons. The summed E-state index contributed by atoms with van der Waals surface area (Å²) in [5, 5.41) is 0. The fraction of sp³-hybridized carbons (Fsp3) is 0.571. The predicted octanol–water partition coefficient (Wildman–Crippen LogP) is 1.89. The van der Waals surface area contributed by atoms with Crippen molar-refractivity contribution < 1.29 is 31.1 Å². The second-order valence-corrected chi connectivity index (χ2v) is 7.54. The molecule has 1 unspecified atom stereocenters.